The second-order valence-electron chi connectivity index (χ2n) is 18.3. The molecule has 0 aliphatic rings. The maximum Gasteiger partial charge on any atom is 0.416 e. The highest BCUT2D eigenvalue weighted by Gasteiger charge is 2.47. The van der Waals surface area contributed by atoms with Crippen LogP contribution in [0.2, 0.25) is 0 Å². The van der Waals surface area contributed by atoms with Gasteiger partial charge in [-0.2, -0.15) is 127 Å². The number of hydrogen-bond donors (Lipinski definition) is 0. The van der Waals surface area contributed by atoms with Crippen LogP contribution in [0.15, 0.2) is 122 Å². The zero-order chi connectivity index (χ0) is 60.1. The molecule has 0 unspecified atom stereocenters. The molecule has 1 aromatic heterocycles. The first-order chi connectivity index (χ1) is 36.6. The van der Waals surface area contributed by atoms with Crippen molar-refractivity contribution in [2.45, 2.75) is 114 Å². The van der Waals surface area contributed by atoms with Gasteiger partial charge in [0.2, 0.25) is 18.1 Å². The predicted molar refractivity (Wildman–Crippen MR) is 243 cm³/mol. The van der Waals surface area contributed by atoms with Crippen LogP contribution >= 0.6 is 0 Å². The van der Waals surface area contributed by atoms with Gasteiger partial charge in [0.25, 0.3) is 0 Å². The van der Waals surface area contributed by atoms with E-state index in [-0.39, 0.29) is 0 Å². The Labute approximate surface area is 439 Å². The fourth-order valence-corrected chi connectivity index (χ4v) is 8.74. The number of nitrogens with zero attached hydrogens (tertiary/aromatic N) is 2. The van der Waals surface area contributed by atoms with Crippen LogP contribution in [0.3, 0.4) is 0 Å². The average Bonchev–Trinajstić information content (AvgIpc) is 3.33. The zero-order valence-corrected chi connectivity index (χ0v) is 40.9. The highest BCUT2D eigenvalue weighted by molar-refractivity contribution is 7.20. The van der Waals surface area contributed by atoms with Crippen LogP contribution in [0.4, 0.5) is 105 Å². The van der Waals surface area contributed by atoms with Gasteiger partial charge in [-0.05, 0) is 54.8 Å². The summed E-state index contributed by atoms with van der Waals surface area (Å²) in [6, 6.07) is -0.410. The summed E-state index contributed by atoms with van der Waals surface area (Å²) in [7, 11) is 0. The fourth-order valence-electron chi connectivity index (χ4n) is 8.74. The van der Waals surface area contributed by atoms with Crippen LogP contribution in [0.25, 0.3) is 0 Å². The van der Waals surface area contributed by atoms with Gasteiger partial charge in [0, 0.05) is 4.73 Å². The summed E-state index contributed by atoms with van der Waals surface area (Å²) in [6.45, 7) is 2.27. The third-order valence-corrected chi connectivity index (χ3v) is 12.5. The summed E-state index contributed by atoms with van der Waals surface area (Å²) in [5, 5.41) is 0. The SMILES string of the molecule is CCCCCCCCCCc1ccc(O[n+]2ccncc2)cc1.FC(F)(F)c1cc([B-](c2cc(C(F)(F)F)cc(C(F)(F)F)c2)(c2cc(C(F)(F)F)cc(C(F)(F)F)c2)c2cc(C(F)(F)F)cc(C(F)(F)F)c2)cc(C(F)(F)F)c1. The Morgan fingerprint density at radius 2 is 0.600 bits per heavy atom. The lowest BCUT2D eigenvalue weighted by atomic mass is 9.12. The van der Waals surface area contributed by atoms with Crippen molar-refractivity contribution in [1.29, 1.82) is 0 Å². The maximum absolute atomic E-state index is 14.2. The van der Waals surface area contributed by atoms with Crippen molar-refractivity contribution in [2.24, 2.45) is 0 Å². The van der Waals surface area contributed by atoms with Crippen molar-refractivity contribution >= 4 is 28.0 Å². The minimum atomic E-state index is -6.13. The number of benzene rings is 5. The number of halogens is 24. The van der Waals surface area contributed by atoms with Crippen LogP contribution in [-0.4, -0.2) is 11.1 Å². The van der Waals surface area contributed by atoms with Gasteiger partial charge in [-0.3, -0.25) is 4.98 Å². The van der Waals surface area contributed by atoms with Crippen LogP contribution in [0.1, 0.15) is 108 Å². The molecule has 80 heavy (non-hydrogen) atoms. The van der Waals surface area contributed by atoms with E-state index in [0.717, 1.165) is 12.2 Å². The molecule has 0 N–H and O–H groups in total. The molecule has 1 heterocycles. The molecule has 0 atom stereocenters. The topological polar surface area (TPSA) is 26.0 Å². The molecule has 0 saturated carbocycles. The molecule has 0 amide bonds. The molecule has 5 aromatic carbocycles. The van der Waals surface area contributed by atoms with Gasteiger partial charge in [-0.15, -0.1) is 0 Å². The van der Waals surface area contributed by atoms with E-state index >= 15 is 0 Å². The summed E-state index contributed by atoms with van der Waals surface area (Å²) in [4.78, 5) is 9.67. The van der Waals surface area contributed by atoms with E-state index in [1.165, 1.54) is 56.9 Å². The second-order valence-corrected chi connectivity index (χ2v) is 18.3. The zero-order valence-electron chi connectivity index (χ0n) is 40.9. The van der Waals surface area contributed by atoms with Crippen LogP contribution in [-0.2, 0) is 55.8 Å². The van der Waals surface area contributed by atoms with E-state index in [9.17, 15) is 105 Å². The maximum atomic E-state index is 14.2. The van der Waals surface area contributed by atoms with Gasteiger partial charge in [0.05, 0.1) is 56.9 Å². The first-order valence-corrected chi connectivity index (χ1v) is 23.6. The number of aryl methyl sites for hydroxylation is 1. The molecule has 0 fully saturated rings. The predicted octanol–water partition coefficient (Wildman–Crippen LogP) is 16.1. The summed E-state index contributed by atoms with van der Waals surface area (Å²) in [6.07, 6.45) is -35.7. The van der Waals surface area contributed by atoms with E-state index in [4.69, 9.17) is 4.84 Å². The number of unbranched alkanes of at least 4 members (excludes halogenated alkanes) is 7. The summed E-state index contributed by atoms with van der Waals surface area (Å²) < 4.78 is 342. The van der Waals surface area contributed by atoms with Gasteiger partial charge in [-0.25, -0.2) is 4.84 Å². The number of alkyl halides is 24. The largest absolute Gasteiger partial charge is 0.416 e. The van der Waals surface area contributed by atoms with Crippen molar-refractivity contribution in [2.75, 3.05) is 0 Å². The van der Waals surface area contributed by atoms with Crippen molar-refractivity contribution in [3.05, 3.63) is 172 Å². The lowest BCUT2D eigenvalue weighted by Gasteiger charge is -2.46. The summed E-state index contributed by atoms with van der Waals surface area (Å²) in [5.74, 6) is 0.848. The van der Waals surface area contributed by atoms with Crippen LogP contribution in [0.5, 0.6) is 5.75 Å². The smallest absolute Gasteiger partial charge is 0.252 e. The molecule has 436 valence electrons. The minimum Gasteiger partial charge on any atom is -0.252 e. The molecule has 3 nitrogen and oxygen atoms in total. The molecule has 28 heteroatoms. The first kappa shape index (κ1) is 64.2. The fraction of sp³-hybridized carbons (Fsp3) is 0.346. The third-order valence-electron chi connectivity index (χ3n) is 12.5. The Hall–Kier alpha value is -6.64. The Bertz CT molecular complexity index is 2570. The van der Waals surface area contributed by atoms with E-state index in [1.54, 1.807) is 29.5 Å². The normalized spacial score (nSPS) is 13.3. The Kier molecular flexibility index (Phi) is 19.4. The summed E-state index contributed by atoms with van der Waals surface area (Å²) in [5.41, 5.74) is -28.8. The molecule has 0 spiro atoms. The monoisotopic (exact) mass is 1180 g/mol. The van der Waals surface area contributed by atoms with Gasteiger partial charge < -0.3 is 0 Å². The second kappa shape index (κ2) is 24.2. The lowest BCUT2D eigenvalue weighted by Crippen LogP contribution is -2.75. The van der Waals surface area contributed by atoms with Crippen LogP contribution in [0, 0.1) is 0 Å². The Morgan fingerprint density at radius 1 is 0.350 bits per heavy atom. The van der Waals surface area contributed by atoms with Crippen molar-refractivity contribution in [3.8, 4) is 5.75 Å². The highest BCUT2D eigenvalue weighted by Crippen LogP contribution is 2.41. The molecule has 0 bridgehead atoms. The van der Waals surface area contributed by atoms with Crippen molar-refractivity contribution in [1.82, 2.24) is 4.98 Å². The van der Waals surface area contributed by atoms with E-state index in [2.05, 4.69) is 24.0 Å². The average molecular weight is 1180 g/mol. The van der Waals surface area contributed by atoms with Gasteiger partial charge in [0.15, 0.2) is 0 Å². The van der Waals surface area contributed by atoms with Crippen molar-refractivity contribution < 1.29 is 115 Å². The molecule has 0 saturated heterocycles. The highest BCUT2D eigenvalue weighted by atomic mass is 19.4. The molecular weight excluding hydrogens is 1140 g/mol. The lowest BCUT2D eigenvalue weighted by molar-refractivity contribution is -0.875. The molecule has 6 rings (SSSR count). The Morgan fingerprint density at radius 3 is 0.850 bits per heavy atom. The van der Waals surface area contributed by atoms with Gasteiger partial charge >= 0.3 is 49.4 Å². The molecule has 0 radical (unpaired) electrons. The number of hydrogen-bond acceptors (Lipinski definition) is 2. The van der Waals surface area contributed by atoms with Gasteiger partial charge in [-0.1, -0.05) is 113 Å². The molecular formula is C52H41BF24N2O. The first-order valence-electron chi connectivity index (χ1n) is 23.6. The summed E-state index contributed by atoms with van der Waals surface area (Å²) >= 11 is 0. The molecule has 0 aliphatic heterocycles. The number of rotatable bonds is 15. The number of aromatic nitrogens is 2. The standard InChI is InChI=1S/C32H12BF24.C20H29N2O/c34-25(35,36)13-1-14(26(37,38)39)6-21(5-13)33(22-7-15(27(40,41)42)2-16(8-22)28(43,44)45,23-9-17(29(46,47)48)3-18(10-23)30(49,50)51)24-11-19(31(52,53)54)4-20(12-24)32(55,56)57;1-2-3-4-5-6-7-8-9-10-19-11-13-20(14-12-19)23-22-17-15-21-16-18-22/h1-12H;11-18H,2-10H2,1H3/q-1;+1. The van der Waals surface area contributed by atoms with E-state index < -0.39 is 195 Å². The Balaban J connectivity index is 0.000000424. The van der Waals surface area contributed by atoms with Gasteiger partial charge in [0.1, 0.15) is 6.15 Å². The minimum absolute atomic E-state index is 0.691. The molecule has 6 aromatic rings. The quantitative estimate of drug-likeness (QED) is 0.0443. The van der Waals surface area contributed by atoms with Crippen LogP contribution < -0.4 is 31.4 Å². The van der Waals surface area contributed by atoms with E-state index in [0.29, 0.717) is 0 Å². The van der Waals surface area contributed by atoms with Crippen molar-refractivity contribution in [3.63, 3.8) is 0 Å². The van der Waals surface area contributed by atoms with E-state index in [1.807, 2.05) is 12.1 Å². The molecule has 0 aliphatic carbocycles. The third kappa shape index (κ3) is 16.7.